The van der Waals surface area contributed by atoms with Crippen molar-refractivity contribution < 1.29 is 23.4 Å². The van der Waals surface area contributed by atoms with Gasteiger partial charge in [0.05, 0.1) is 18.4 Å². The lowest BCUT2D eigenvalue weighted by Gasteiger charge is -2.27. The summed E-state index contributed by atoms with van der Waals surface area (Å²) in [5, 5.41) is 22.2. The number of hydrogen-bond acceptors (Lipinski definition) is 4. The molecule has 2 aromatic rings. The van der Waals surface area contributed by atoms with Gasteiger partial charge in [-0.05, 0) is 30.4 Å². The molecule has 0 bridgehead atoms. The quantitative estimate of drug-likeness (QED) is 0.480. The second-order valence-corrected chi connectivity index (χ2v) is 8.61. The highest BCUT2D eigenvalue weighted by atomic mass is 32.2. The van der Waals surface area contributed by atoms with Crippen molar-refractivity contribution in [2.45, 2.75) is 37.5 Å². The normalized spacial score (nSPS) is 14.8. The van der Waals surface area contributed by atoms with Gasteiger partial charge in [-0.1, -0.05) is 60.7 Å². The summed E-state index contributed by atoms with van der Waals surface area (Å²) in [6.45, 7) is 0. The summed E-state index contributed by atoms with van der Waals surface area (Å²) in [5.74, 6) is 0. The predicted octanol–water partition coefficient (Wildman–Crippen LogP) is 1.78. The monoisotopic (exact) mass is 406 g/mol. The Kier molecular flexibility index (Phi) is 7.98. The number of nitrogens with one attached hydrogen (secondary N) is 2. The van der Waals surface area contributed by atoms with Crippen LogP contribution < -0.4 is 10.0 Å². The summed E-state index contributed by atoms with van der Waals surface area (Å²) in [6, 6.07) is 17.2. The van der Waals surface area contributed by atoms with Gasteiger partial charge >= 0.3 is 6.09 Å². The van der Waals surface area contributed by atoms with Crippen LogP contribution in [0.1, 0.15) is 17.5 Å². The summed E-state index contributed by atoms with van der Waals surface area (Å²) < 4.78 is 26.0. The first-order chi connectivity index (χ1) is 13.2. The molecular formula is C20H26N2O5S. The van der Waals surface area contributed by atoms with Gasteiger partial charge in [0.2, 0.25) is 10.0 Å². The van der Waals surface area contributed by atoms with Crippen LogP contribution >= 0.6 is 0 Å². The second kappa shape index (κ2) is 10.2. The molecule has 2 rings (SSSR count). The number of aliphatic hydroxyl groups excluding tert-OH is 1. The molecule has 3 atom stereocenters. The molecule has 4 N–H and O–H groups in total. The minimum atomic E-state index is -3.49. The van der Waals surface area contributed by atoms with E-state index in [9.17, 15) is 18.3 Å². The Labute approximate surface area is 165 Å². The zero-order valence-electron chi connectivity index (χ0n) is 15.7. The zero-order chi connectivity index (χ0) is 20.6. The first-order valence-electron chi connectivity index (χ1n) is 8.95. The van der Waals surface area contributed by atoms with E-state index in [1.165, 1.54) is 0 Å². The van der Waals surface area contributed by atoms with Crippen molar-refractivity contribution in [2.24, 2.45) is 0 Å². The number of benzene rings is 2. The molecular weight excluding hydrogens is 380 g/mol. The lowest BCUT2D eigenvalue weighted by atomic mass is 9.94. The van der Waals surface area contributed by atoms with Crippen molar-refractivity contribution in [3.8, 4) is 0 Å². The molecule has 0 spiro atoms. The summed E-state index contributed by atoms with van der Waals surface area (Å²) in [4.78, 5) is 11.2. The largest absolute Gasteiger partial charge is 0.465 e. The fourth-order valence-electron chi connectivity index (χ4n) is 3.14. The SMILES string of the molecule is CS(=O)(=O)NC(Cc1ccccc1)CC(O)C(Cc1ccccc1)NC(=O)O. The molecule has 0 saturated carbocycles. The first-order valence-corrected chi connectivity index (χ1v) is 10.8. The van der Waals surface area contributed by atoms with Crippen molar-refractivity contribution in [3.63, 3.8) is 0 Å². The molecule has 2 aromatic carbocycles. The second-order valence-electron chi connectivity index (χ2n) is 6.83. The Hall–Kier alpha value is -2.42. The highest BCUT2D eigenvalue weighted by Crippen LogP contribution is 2.14. The lowest BCUT2D eigenvalue weighted by Crippen LogP contribution is -2.48. The molecule has 0 aromatic heterocycles. The van der Waals surface area contributed by atoms with Crippen LogP contribution in [-0.4, -0.2) is 49.2 Å². The molecule has 0 fully saturated rings. The van der Waals surface area contributed by atoms with E-state index in [1.807, 2.05) is 60.7 Å². The Balaban J connectivity index is 2.14. The maximum absolute atomic E-state index is 11.7. The number of carbonyl (C=O) groups is 1. The Bertz CT molecular complexity index is 843. The van der Waals surface area contributed by atoms with Gasteiger partial charge in [0, 0.05) is 6.04 Å². The van der Waals surface area contributed by atoms with Crippen LogP contribution in [0, 0.1) is 0 Å². The molecule has 0 heterocycles. The van der Waals surface area contributed by atoms with Gasteiger partial charge < -0.3 is 15.5 Å². The van der Waals surface area contributed by atoms with Crippen molar-refractivity contribution in [2.75, 3.05) is 6.26 Å². The molecule has 1 amide bonds. The fourth-order valence-corrected chi connectivity index (χ4v) is 3.93. The Morgan fingerprint density at radius 1 is 0.964 bits per heavy atom. The maximum atomic E-state index is 11.7. The summed E-state index contributed by atoms with van der Waals surface area (Å²) in [6.07, 6.45) is -0.495. The highest BCUT2D eigenvalue weighted by Gasteiger charge is 2.26. The molecule has 8 heteroatoms. The maximum Gasteiger partial charge on any atom is 0.404 e. The number of carboxylic acid groups (broad SMARTS) is 1. The standard InChI is InChI=1S/C20H26N2O5S/c1-28(26,27)22-17(12-15-8-4-2-5-9-15)14-19(23)18(21-20(24)25)13-16-10-6-3-7-11-16/h2-11,17-19,21-23H,12-14H2,1H3,(H,24,25). The predicted molar refractivity (Wildman–Crippen MR) is 108 cm³/mol. The van der Waals surface area contributed by atoms with Gasteiger partial charge in [-0.25, -0.2) is 17.9 Å². The third kappa shape index (κ3) is 8.08. The van der Waals surface area contributed by atoms with Gasteiger partial charge in [-0.3, -0.25) is 0 Å². The van der Waals surface area contributed by atoms with Crippen LogP contribution in [-0.2, 0) is 22.9 Å². The van der Waals surface area contributed by atoms with Gasteiger partial charge in [0.1, 0.15) is 0 Å². The molecule has 28 heavy (non-hydrogen) atoms. The molecule has 0 saturated heterocycles. The highest BCUT2D eigenvalue weighted by molar-refractivity contribution is 7.88. The summed E-state index contributed by atoms with van der Waals surface area (Å²) in [7, 11) is -3.49. The van der Waals surface area contributed by atoms with E-state index in [0.29, 0.717) is 12.8 Å². The summed E-state index contributed by atoms with van der Waals surface area (Å²) >= 11 is 0. The third-order valence-corrected chi connectivity index (χ3v) is 5.06. The van der Waals surface area contributed by atoms with Gasteiger partial charge in [0.25, 0.3) is 0 Å². The van der Waals surface area contributed by atoms with E-state index >= 15 is 0 Å². The molecule has 0 aliphatic heterocycles. The number of hydrogen-bond donors (Lipinski definition) is 4. The van der Waals surface area contributed by atoms with E-state index in [1.54, 1.807) is 0 Å². The zero-order valence-corrected chi connectivity index (χ0v) is 16.5. The molecule has 0 aliphatic rings. The minimum absolute atomic E-state index is 0.0692. The third-order valence-electron chi connectivity index (χ3n) is 4.30. The van der Waals surface area contributed by atoms with Crippen LogP contribution in [0.25, 0.3) is 0 Å². The lowest BCUT2D eigenvalue weighted by molar-refractivity contribution is 0.104. The van der Waals surface area contributed by atoms with Crippen LogP contribution in [0.5, 0.6) is 0 Å². The number of sulfonamides is 1. The molecule has 3 unspecified atom stereocenters. The van der Waals surface area contributed by atoms with Gasteiger partial charge in [-0.15, -0.1) is 0 Å². The van der Waals surface area contributed by atoms with E-state index in [-0.39, 0.29) is 6.42 Å². The fraction of sp³-hybridized carbons (Fsp3) is 0.350. The van der Waals surface area contributed by atoms with Crippen molar-refractivity contribution in [1.82, 2.24) is 10.0 Å². The van der Waals surface area contributed by atoms with E-state index < -0.39 is 34.3 Å². The number of aliphatic hydroxyl groups is 1. The molecule has 7 nitrogen and oxygen atoms in total. The first kappa shape index (κ1) is 21.9. The average Bonchev–Trinajstić information content (AvgIpc) is 2.61. The van der Waals surface area contributed by atoms with Crippen molar-refractivity contribution in [1.29, 1.82) is 0 Å². The van der Waals surface area contributed by atoms with Crippen molar-refractivity contribution >= 4 is 16.1 Å². The minimum Gasteiger partial charge on any atom is -0.465 e. The van der Waals surface area contributed by atoms with E-state index in [0.717, 1.165) is 17.4 Å². The van der Waals surface area contributed by atoms with E-state index in [4.69, 9.17) is 5.11 Å². The topological polar surface area (TPSA) is 116 Å². The Morgan fingerprint density at radius 3 is 1.93 bits per heavy atom. The summed E-state index contributed by atoms with van der Waals surface area (Å²) in [5.41, 5.74) is 1.79. The average molecular weight is 407 g/mol. The number of amides is 1. The van der Waals surface area contributed by atoms with E-state index in [2.05, 4.69) is 10.0 Å². The Morgan fingerprint density at radius 2 is 1.46 bits per heavy atom. The van der Waals surface area contributed by atoms with Crippen molar-refractivity contribution in [3.05, 3.63) is 71.8 Å². The van der Waals surface area contributed by atoms with Gasteiger partial charge in [0.15, 0.2) is 0 Å². The van der Waals surface area contributed by atoms with Crippen LogP contribution in [0.2, 0.25) is 0 Å². The molecule has 152 valence electrons. The van der Waals surface area contributed by atoms with Gasteiger partial charge in [-0.2, -0.15) is 0 Å². The number of rotatable bonds is 10. The molecule has 0 aliphatic carbocycles. The smallest absolute Gasteiger partial charge is 0.404 e. The van der Waals surface area contributed by atoms with Crippen LogP contribution in [0.3, 0.4) is 0 Å². The molecule has 0 radical (unpaired) electrons. The van der Waals surface area contributed by atoms with Crippen LogP contribution in [0.15, 0.2) is 60.7 Å². The van der Waals surface area contributed by atoms with Crippen LogP contribution in [0.4, 0.5) is 4.79 Å².